The molecule has 4 aliphatic carbocycles. The zero-order chi connectivity index (χ0) is 7.92. The molecule has 0 N–H and O–H groups in total. The summed E-state index contributed by atoms with van der Waals surface area (Å²) in [7, 11) is 0. The van der Waals surface area contributed by atoms with Gasteiger partial charge in [-0.1, -0.05) is 13.3 Å². The molecule has 2 bridgehead atoms. The van der Waals surface area contributed by atoms with Crippen LogP contribution in [0, 0.1) is 35.0 Å². The molecule has 4 aliphatic rings. The summed E-state index contributed by atoms with van der Waals surface area (Å²) in [6.07, 6.45) is 8.01. The molecule has 3 atom stereocenters. The topological polar surface area (TPSA) is 0 Å². The predicted octanol–water partition coefficient (Wildman–Crippen LogP) is 3.08. The second-order valence-electron chi connectivity index (χ2n) is 5.81. The molecule has 0 aromatic heterocycles. The van der Waals surface area contributed by atoms with Gasteiger partial charge in [0.25, 0.3) is 0 Å². The van der Waals surface area contributed by atoms with Crippen LogP contribution in [0.3, 0.4) is 0 Å². The summed E-state index contributed by atoms with van der Waals surface area (Å²) in [5.74, 6) is 6.00. The molecule has 0 aromatic rings. The molecular weight excluding hydrogens is 144 g/mol. The van der Waals surface area contributed by atoms with Crippen molar-refractivity contribution in [3.05, 3.63) is 0 Å². The highest BCUT2D eigenvalue weighted by Crippen LogP contribution is 2.83. The standard InChI is InChI=1S/C12H18/c1-2-11-7-3-8-5-10-6-9(4-7)12(8,10)11/h7-11H,2-6H2,1H3. The minimum atomic E-state index is 0.972. The highest BCUT2D eigenvalue weighted by atomic mass is 14.8. The van der Waals surface area contributed by atoms with Crippen LogP contribution in [0.15, 0.2) is 0 Å². The second kappa shape index (κ2) is 1.63. The van der Waals surface area contributed by atoms with Gasteiger partial charge in [-0.2, -0.15) is 0 Å². The van der Waals surface area contributed by atoms with Gasteiger partial charge in [-0.05, 0) is 60.7 Å². The third kappa shape index (κ3) is 0.383. The lowest BCUT2D eigenvalue weighted by Gasteiger charge is -2.68. The molecule has 4 saturated carbocycles. The molecule has 66 valence electrons. The van der Waals surface area contributed by atoms with E-state index in [4.69, 9.17) is 0 Å². The van der Waals surface area contributed by atoms with Gasteiger partial charge in [0, 0.05) is 0 Å². The fourth-order valence-electron chi connectivity index (χ4n) is 6.04. The van der Waals surface area contributed by atoms with E-state index in [1.165, 1.54) is 36.0 Å². The Morgan fingerprint density at radius 2 is 1.58 bits per heavy atom. The Balaban J connectivity index is 1.84. The molecule has 12 heavy (non-hydrogen) atoms. The molecule has 0 amide bonds. The van der Waals surface area contributed by atoms with E-state index < -0.39 is 0 Å². The van der Waals surface area contributed by atoms with Crippen LogP contribution in [-0.2, 0) is 0 Å². The average Bonchev–Trinajstić information content (AvgIpc) is 2.44. The van der Waals surface area contributed by atoms with Crippen molar-refractivity contribution in [2.75, 3.05) is 0 Å². The van der Waals surface area contributed by atoms with Crippen molar-refractivity contribution in [2.24, 2.45) is 35.0 Å². The Bertz CT molecular complexity index is 226. The molecule has 0 heterocycles. The van der Waals surface area contributed by atoms with Crippen molar-refractivity contribution in [2.45, 2.75) is 39.0 Å². The fraction of sp³-hybridized carbons (Fsp3) is 1.00. The van der Waals surface area contributed by atoms with E-state index in [0.29, 0.717) is 0 Å². The molecule has 4 fully saturated rings. The van der Waals surface area contributed by atoms with Gasteiger partial charge in [0.15, 0.2) is 0 Å². The normalized spacial score (nSPS) is 70.2. The summed E-state index contributed by atoms with van der Waals surface area (Å²) in [5.41, 5.74) is 0.972. The smallest absolute Gasteiger partial charge is 0.0181 e. The minimum absolute atomic E-state index is 0.972. The van der Waals surface area contributed by atoms with E-state index in [1.807, 2.05) is 0 Å². The first-order chi connectivity index (χ1) is 5.87. The van der Waals surface area contributed by atoms with Gasteiger partial charge in [0.2, 0.25) is 0 Å². The number of fused-ring (bicyclic) bond motifs is 1. The van der Waals surface area contributed by atoms with Crippen LogP contribution < -0.4 is 0 Å². The Morgan fingerprint density at radius 3 is 2.00 bits per heavy atom. The lowest BCUT2D eigenvalue weighted by atomic mass is 9.37. The van der Waals surface area contributed by atoms with Gasteiger partial charge in [0.05, 0.1) is 0 Å². The average molecular weight is 162 g/mol. The molecule has 0 heteroatoms. The zero-order valence-corrected chi connectivity index (χ0v) is 7.92. The monoisotopic (exact) mass is 162 g/mol. The van der Waals surface area contributed by atoms with Crippen LogP contribution in [0.25, 0.3) is 0 Å². The highest BCUT2D eigenvalue weighted by Gasteiger charge is 2.76. The maximum atomic E-state index is 2.44. The second-order valence-corrected chi connectivity index (χ2v) is 5.81. The minimum Gasteiger partial charge on any atom is -0.0651 e. The van der Waals surface area contributed by atoms with Crippen molar-refractivity contribution in [1.82, 2.24) is 0 Å². The first-order valence-corrected chi connectivity index (χ1v) is 5.87. The molecule has 1 spiro atoms. The highest BCUT2D eigenvalue weighted by molar-refractivity contribution is 5.25. The summed E-state index contributed by atoms with van der Waals surface area (Å²) in [4.78, 5) is 0. The third-order valence-electron chi connectivity index (χ3n) is 6.09. The molecule has 4 rings (SSSR count). The molecular formula is C12H18. The number of hydrogen-bond donors (Lipinski definition) is 0. The van der Waals surface area contributed by atoms with E-state index in [1.54, 1.807) is 25.7 Å². The maximum absolute atomic E-state index is 2.44. The summed E-state index contributed by atoms with van der Waals surface area (Å²) < 4.78 is 0. The first kappa shape index (κ1) is 6.45. The van der Waals surface area contributed by atoms with Gasteiger partial charge in [-0.3, -0.25) is 0 Å². The largest absolute Gasteiger partial charge is 0.0651 e. The van der Waals surface area contributed by atoms with Gasteiger partial charge in [0.1, 0.15) is 0 Å². The first-order valence-electron chi connectivity index (χ1n) is 5.87. The zero-order valence-electron chi connectivity index (χ0n) is 7.92. The van der Waals surface area contributed by atoms with Crippen molar-refractivity contribution in [3.8, 4) is 0 Å². The van der Waals surface area contributed by atoms with E-state index in [-0.39, 0.29) is 0 Å². The van der Waals surface area contributed by atoms with Crippen LogP contribution in [-0.4, -0.2) is 0 Å². The van der Waals surface area contributed by atoms with E-state index >= 15 is 0 Å². The Morgan fingerprint density at radius 1 is 1.00 bits per heavy atom. The summed E-state index contributed by atoms with van der Waals surface area (Å²) in [6.45, 7) is 2.44. The maximum Gasteiger partial charge on any atom is -0.0181 e. The quantitative estimate of drug-likeness (QED) is 0.556. The molecule has 0 radical (unpaired) electrons. The molecule has 3 unspecified atom stereocenters. The Hall–Kier alpha value is 0. The van der Waals surface area contributed by atoms with Crippen molar-refractivity contribution >= 4 is 0 Å². The van der Waals surface area contributed by atoms with Crippen LogP contribution in [0.5, 0.6) is 0 Å². The lowest BCUT2D eigenvalue weighted by Crippen LogP contribution is -2.61. The number of rotatable bonds is 1. The van der Waals surface area contributed by atoms with Gasteiger partial charge in [-0.15, -0.1) is 0 Å². The Kier molecular flexibility index (Phi) is 0.875. The molecule has 0 nitrogen and oxygen atoms in total. The molecule has 0 saturated heterocycles. The summed E-state index contributed by atoms with van der Waals surface area (Å²) in [6, 6.07) is 0. The summed E-state index contributed by atoms with van der Waals surface area (Å²) >= 11 is 0. The summed E-state index contributed by atoms with van der Waals surface area (Å²) in [5, 5.41) is 0. The van der Waals surface area contributed by atoms with Gasteiger partial charge in [-0.25, -0.2) is 0 Å². The fourth-order valence-corrected chi connectivity index (χ4v) is 6.04. The van der Waals surface area contributed by atoms with Crippen molar-refractivity contribution in [1.29, 1.82) is 0 Å². The molecule has 0 aromatic carbocycles. The van der Waals surface area contributed by atoms with Crippen LogP contribution in [0.2, 0.25) is 0 Å². The van der Waals surface area contributed by atoms with Crippen LogP contribution in [0.4, 0.5) is 0 Å². The van der Waals surface area contributed by atoms with Crippen LogP contribution in [0.1, 0.15) is 39.0 Å². The predicted molar refractivity (Wildman–Crippen MR) is 48.6 cm³/mol. The van der Waals surface area contributed by atoms with E-state index in [2.05, 4.69) is 6.92 Å². The van der Waals surface area contributed by atoms with Gasteiger partial charge >= 0.3 is 0 Å². The SMILES string of the molecule is CCC1C2CC3CC4CC(C2)C341. The van der Waals surface area contributed by atoms with Crippen LogP contribution >= 0.6 is 0 Å². The third-order valence-corrected chi connectivity index (χ3v) is 6.09. The number of hydrogen-bond acceptors (Lipinski definition) is 0. The van der Waals surface area contributed by atoms with E-state index in [0.717, 1.165) is 5.41 Å². The van der Waals surface area contributed by atoms with Crippen molar-refractivity contribution in [3.63, 3.8) is 0 Å². The Labute approximate surface area is 74.7 Å². The van der Waals surface area contributed by atoms with Gasteiger partial charge < -0.3 is 0 Å². The molecule has 0 aliphatic heterocycles. The lowest BCUT2D eigenvalue weighted by molar-refractivity contribution is -0.194. The van der Waals surface area contributed by atoms with E-state index in [9.17, 15) is 0 Å². The van der Waals surface area contributed by atoms with Crippen molar-refractivity contribution < 1.29 is 0 Å².